The summed E-state index contributed by atoms with van der Waals surface area (Å²) in [5, 5.41) is 2.83. The Morgan fingerprint density at radius 3 is 2.62 bits per heavy atom. The smallest absolute Gasteiger partial charge is 0.326 e. The third-order valence-electron chi connectivity index (χ3n) is 3.84. The van der Waals surface area contributed by atoms with Crippen molar-refractivity contribution in [1.29, 1.82) is 0 Å². The fraction of sp³-hybridized carbons (Fsp3) is 0.400. The standard InChI is InChI=1S/C15H17N5O4/c21-12-7-11(19-15(23)20-12)14(22)18-9-1-3-10(4-2-9)24-13-8-16-5-6-17-13/h5-10H,1-4H2,(H,18,22)(H2,19,20,21,23). The molecule has 0 spiro atoms. The second kappa shape index (κ2) is 7.07. The Kier molecular flexibility index (Phi) is 4.69. The van der Waals surface area contributed by atoms with Gasteiger partial charge in [0.15, 0.2) is 0 Å². The molecule has 9 heteroatoms. The van der Waals surface area contributed by atoms with Gasteiger partial charge in [-0.25, -0.2) is 9.78 Å². The molecule has 0 aromatic carbocycles. The number of aromatic amines is 2. The van der Waals surface area contributed by atoms with Gasteiger partial charge < -0.3 is 15.0 Å². The lowest BCUT2D eigenvalue weighted by atomic mass is 9.93. The topological polar surface area (TPSA) is 130 Å². The fourth-order valence-electron chi connectivity index (χ4n) is 2.70. The largest absolute Gasteiger partial charge is 0.473 e. The van der Waals surface area contributed by atoms with Crippen LogP contribution in [0.4, 0.5) is 0 Å². The van der Waals surface area contributed by atoms with Crippen molar-refractivity contribution in [1.82, 2.24) is 25.3 Å². The van der Waals surface area contributed by atoms with E-state index in [0.717, 1.165) is 31.7 Å². The number of carbonyl (C=O) groups is 1. The van der Waals surface area contributed by atoms with E-state index in [9.17, 15) is 14.4 Å². The molecule has 3 rings (SSSR count). The van der Waals surface area contributed by atoms with Gasteiger partial charge in [0.2, 0.25) is 5.88 Å². The molecule has 2 heterocycles. The number of nitrogens with zero attached hydrogens (tertiary/aromatic N) is 2. The van der Waals surface area contributed by atoms with Gasteiger partial charge in [0.05, 0.1) is 6.20 Å². The maximum atomic E-state index is 12.1. The fourth-order valence-corrected chi connectivity index (χ4v) is 2.70. The highest BCUT2D eigenvalue weighted by atomic mass is 16.5. The van der Waals surface area contributed by atoms with E-state index in [4.69, 9.17) is 4.74 Å². The highest BCUT2D eigenvalue weighted by Gasteiger charge is 2.24. The first-order valence-corrected chi connectivity index (χ1v) is 7.67. The minimum absolute atomic E-state index is 0.0259. The van der Waals surface area contributed by atoms with Crippen LogP contribution in [0.15, 0.2) is 34.2 Å². The molecule has 0 saturated heterocycles. The summed E-state index contributed by atoms with van der Waals surface area (Å²) in [5.74, 6) is 0.0302. The Morgan fingerprint density at radius 1 is 1.17 bits per heavy atom. The summed E-state index contributed by atoms with van der Waals surface area (Å²) in [4.78, 5) is 46.9. The molecule has 2 aromatic heterocycles. The van der Waals surface area contributed by atoms with Crippen LogP contribution in [0.5, 0.6) is 5.88 Å². The zero-order chi connectivity index (χ0) is 16.9. The van der Waals surface area contributed by atoms with Gasteiger partial charge in [0, 0.05) is 24.5 Å². The predicted molar refractivity (Wildman–Crippen MR) is 83.9 cm³/mol. The third-order valence-corrected chi connectivity index (χ3v) is 3.84. The van der Waals surface area contributed by atoms with Gasteiger partial charge in [-0.1, -0.05) is 0 Å². The van der Waals surface area contributed by atoms with Crippen molar-refractivity contribution in [3.05, 3.63) is 51.2 Å². The normalized spacial score (nSPS) is 20.3. The van der Waals surface area contributed by atoms with Crippen LogP contribution in [-0.4, -0.2) is 38.0 Å². The zero-order valence-corrected chi connectivity index (χ0v) is 12.8. The van der Waals surface area contributed by atoms with E-state index in [0.29, 0.717) is 5.88 Å². The maximum Gasteiger partial charge on any atom is 0.326 e. The number of aromatic nitrogens is 4. The van der Waals surface area contributed by atoms with Crippen molar-refractivity contribution in [2.45, 2.75) is 37.8 Å². The van der Waals surface area contributed by atoms with E-state index in [1.807, 2.05) is 4.98 Å². The van der Waals surface area contributed by atoms with Crippen molar-refractivity contribution < 1.29 is 9.53 Å². The molecule has 3 N–H and O–H groups in total. The van der Waals surface area contributed by atoms with Crippen LogP contribution >= 0.6 is 0 Å². The molecule has 9 nitrogen and oxygen atoms in total. The second-order valence-corrected chi connectivity index (χ2v) is 5.61. The zero-order valence-electron chi connectivity index (χ0n) is 12.8. The van der Waals surface area contributed by atoms with Crippen molar-refractivity contribution >= 4 is 5.91 Å². The first-order chi connectivity index (χ1) is 11.6. The summed E-state index contributed by atoms with van der Waals surface area (Å²) in [6.07, 6.45) is 7.78. The van der Waals surface area contributed by atoms with Gasteiger partial charge in [-0.3, -0.25) is 19.6 Å². The Balaban J connectivity index is 1.52. The molecule has 2 aromatic rings. The van der Waals surface area contributed by atoms with Crippen LogP contribution in [-0.2, 0) is 0 Å². The summed E-state index contributed by atoms with van der Waals surface area (Å²) < 4.78 is 5.75. The van der Waals surface area contributed by atoms with Crippen LogP contribution in [0, 0.1) is 0 Å². The summed E-state index contributed by atoms with van der Waals surface area (Å²) in [7, 11) is 0. The number of nitrogens with one attached hydrogen (secondary N) is 3. The number of hydrogen-bond donors (Lipinski definition) is 3. The lowest BCUT2D eigenvalue weighted by Gasteiger charge is -2.29. The number of amides is 1. The average Bonchev–Trinajstić information content (AvgIpc) is 2.57. The summed E-state index contributed by atoms with van der Waals surface area (Å²) in [6.45, 7) is 0. The molecule has 0 atom stereocenters. The molecule has 1 amide bonds. The van der Waals surface area contributed by atoms with E-state index >= 15 is 0 Å². The van der Waals surface area contributed by atoms with E-state index in [1.165, 1.54) is 0 Å². The van der Waals surface area contributed by atoms with Gasteiger partial charge in [-0.2, -0.15) is 0 Å². The number of rotatable bonds is 4. The quantitative estimate of drug-likeness (QED) is 0.721. The van der Waals surface area contributed by atoms with Crippen LogP contribution in [0.25, 0.3) is 0 Å². The Hall–Kier alpha value is -2.97. The second-order valence-electron chi connectivity index (χ2n) is 5.61. The van der Waals surface area contributed by atoms with Gasteiger partial charge in [0.1, 0.15) is 11.8 Å². The third kappa shape index (κ3) is 4.06. The molecule has 1 fully saturated rings. The van der Waals surface area contributed by atoms with Crippen molar-refractivity contribution in [3.8, 4) is 5.88 Å². The minimum Gasteiger partial charge on any atom is -0.473 e. The lowest BCUT2D eigenvalue weighted by molar-refractivity contribution is 0.0884. The van der Waals surface area contributed by atoms with Gasteiger partial charge >= 0.3 is 5.69 Å². The van der Waals surface area contributed by atoms with Gasteiger partial charge in [0.25, 0.3) is 11.5 Å². The highest BCUT2D eigenvalue weighted by Crippen LogP contribution is 2.22. The predicted octanol–water partition coefficient (Wildman–Crippen LogP) is -0.0268. The van der Waals surface area contributed by atoms with E-state index in [-0.39, 0.29) is 17.8 Å². The Bertz CT molecular complexity index is 780. The number of hydrogen-bond acceptors (Lipinski definition) is 6. The van der Waals surface area contributed by atoms with E-state index in [2.05, 4.69) is 20.3 Å². The van der Waals surface area contributed by atoms with Crippen molar-refractivity contribution in [3.63, 3.8) is 0 Å². The first-order valence-electron chi connectivity index (χ1n) is 7.67. The van der Waals surface area contributed by atoms with E-state index < -0.39 is 17.2 Å². The molecule has 1 aliphatic rings. The summed E-state index contributed by atoms with van der Waals surface area (Å²) in [6, 6.07) is 1.04. The molecule has 1 saturated carbocycles. The lowest BCUT2D eigenvalue weighted by Crippen LogP contribution is -2.41. The molecule has 0 aliphatic heterocycles. The molecular weight excluding hydrogens is 314 g/mol. The maximum absolute atomic E-state index is 12.1. The van der Waals surface area contributed by atoms with Crippen LogP contribution < -0.4 is 21.3 Å². The average molecular weight is 331 g/mol. The van der Waals surface area contributed by atoms with Gasteiger partial charge in [-0.05, 0) is 25.7 Å². The van der Waals surface area contributed by atoms with Crippen LogP contribution in [0.3, 0.4) is 0 Å². The molecule has 0 radical (unpaired) electrons. The Labute approximate surface area is 136 Å². The SMILES string of the molecule is O=C(NC1CCC(Oc2cnccn2)CC1)c1cc(=O)[nH]c(=O)[nH]1. The molecule has 0 unspecified atom stereocenters. The monoisotopic (exact) mass is 331 g/mol. The molecule has 126 valence electrons. The first kappa shape index (κ1) is 15.9. The Morgan fingerprint density at radius 2 is 1.96 bits per heavy atom. The minimum atomic E-state index is -0.700. The number of H-pyrrole nitrogens is 2. The highest BCUT2D eigenvalue weighted by molar-refractivity contribution is 5.92. The van der Waals surface area contributed by atoms with Crippen molar-refractivity contribution in [2.24, 2.45) is 0 Å². The molecular formula is C15H17N5O4. The molecule has 1 aliphatic carbocycles. The molecule has 24 heavy (non-hydrogen) atoms. The van der Waals surface area contributed by atoms with Gasteiger partial charge in [-0.15, -0.1) is 0 Å². The van der Waals surface area contributed by atoms with Crippen LogP contribution in [0.2, 0.25) is 0 Å². The van der Waals surface area contributed by atoms with E-state index in [1.54, 1.807) is 18.6 Å². The number of ether oxygens (including phenoxy) is 1. The summed E-state index contributed by atoms with van der Waals surface area (Å²) >= 11 is 0. The molecule has 0 bridgehead atoms. The number of carbonyl (C=O) groups excluding carboxylic acids is 1. The van der Waals surface area contributed by atoms with Crippen molar-refractivity contribution in [2.75, 3.05) is 0 Å². The van der Waals surface area contributed by atoms with Crippen LogP contribution in [0.1, 0.15) is 36.2 Å². The summed E-state index contributed by atoms with van der Waals surface area (Å²) in [5.41, 5.74) is -1.35.